The number of nitrogen functional groups attached to an aromatic ring is 1. The Balaban J connectivity index is 1.36. The van der Waals surface area contributed by atoms with Gasteiger partial charge in [0.15, 0.2) is 0 Å². The Morgan fingerprint density at radius 1 is 1.07 bits per heavy atom. The van der Waals surface area contributed by atoms with E-state index in [2.05, 4.69) is 86.2 Å². The van der Waals surface area contributed by atoms with Crippen LogP contribution in [0.1, 0.15) is 108 Å². The number of thiophene rings is 1. The van der Waals surface area contributed by atoms with Crippen molar-refractivity contribution >= 4 is 22.9 Å². The summed E-state index contributed by atoms with van der Waals surface area (Å²) >= 11 is 1.83. The number of piperidine rings is 1. The zero-order chi connectivity index (χ0) is 29.0. The zero-order valence-corrected chi connectivity index (χ0v) is 26.9. The molecule has 5 nitrogen and oxygen atoms in total. The average molecular weight is 577 g/mol. The van der Waals surface area contributed by atoms with Crippen molar-refractivity contribution in [2.75, 3.05) is 36.8 Å². The Morgan fingerprint density at radius 3 is 2.44 bits per heavy atom. The lowest BCUT2D eigenvalue weighted by atomic mass is 9.67. The lowest BCUT2D eigenvalue weighted by molar-refractivity contribution is 0.124. The van der Waals surface area contributed by atoms with Gasteiger partial charge in [0, 0.05) is 35.5 Å². The molecule has 5 rings (SSSR count). The van der Waals surface area contributed by atoms with E-state index in [1.54, 1.807) is 0 Å². The highest BCUT2D eigenvalue weighted by molar-refractivity contribution is 7.10. The van der Waals surface area contributed by atoms with Crippen LogP contribution in [0.4, 0.5) is 11.6 Å². The van der Waals surface area contributed by atoms with Gasteiger partial charge in [-0.15, -0.1) is 11.3 Å². The van der Waals surface area contributed by atoms with E-state index < -0.39 is 0 Å². The first-order valence-electron chi connectivity index (χ1n) is 16.2. The fourth-order valence-electron chi connectivity index (χ4n) is 7.56. The predicted octanol–water partition coefficient (Wildman–Crippen LogP) is 8.70. The van der Waals surface area contributed by atoms with Gasteiger partial charge in [0.1, 0.15) is 5.69 Å². The van der Waals surface area contributed by atoms with Gasteiger partial charge in [0.25, 0.3) is 0 Å². The molecule has 0 radical (unpaired) electrons. The van der Waals surface area contributed by atoms with Crippen molar-refractivity contribution < 1.29 is 4.42 Å². The van der Waals surface area contributed by atoms with Crippen LogP contribution in [0.5, 0.6) is 0 Å². The molecule has 0 amide bonds. The van der Waals surface area contributed by atoms with Gasteiger partial charge in [-0.2, -0.15) is 0 Å². The molecule has 1 aliphatic heterocycles. The second kappa shape index (κ2) is 13.3. The van der Waals surface area contributed by atoms with Crippen molar-refractivity contribution in [1.82, 2.24) is 9.88 Å². The highest BCUT2D eigenvalue weighted by atomic mass is 32.1. The summed E-state index contributed by atoms with van der Waals surface area (Å²) in [5.74, 6) is 4.01. The van der Waals surface area contributed by atoms with Crippen LogP contribution in [0, 0.1) is 17.8 Å². The number of oxazole rings is 1. The first-order chi connectivity index (χ1) is 19.8. The molecular weight excluding hydrogens is 524 g/mol. The minimum absolute atomic E-state index is 0.136. The van der Waals surface area contributed by atoms with Crippen LogP contribution in [-0.4, -0.2) is 36.1 Å². The van der Waals surface area contributed by atoms with Gasteiger partial charge in [-0.05, 0) is 80.0 Å². The number of hydrogen-bond donors (Lipinski definition) is 1. The molecule has 1 saturated carbocycles. The molecule has 2 N–H and O–H groups in total. The fraction of sp³-hybridized carbons (Fsp3) is 0.629. The molecule has 2 unspecified atom stereocenters. The number of rotatable bonds is 11. The van der Waals surface area contributed by atoms with Crippen molar-refractivity contribution in [2.45, 2.75) is 97.4 Å². The molecule has 41 heavy (non-hydrogen) atoms. The van der Waals surface area contributed by atoms with E-state index in [9.17, 15) is 0 Å². The average Bonchev–Trinajstić information content (AvgIpc) is 3.60. The molecule has 1 saturated heterocycles. The highest BCUT2D eigenvalue weighted by Crippen LogP contribution is 2.47. The first kappa shape index (κ1) is 30.2. The molecule has 2 atom stereocenters. The molecule has 3 heterocycles. The van der Waals surface area contributed by atoms with Crippen LogP contribution in [0.3, 0.4) is 0 Å². The summed E-state index contributed by atoms with van der Waals surface area (Å²) in [6.07, 6.45) is 9.53. The summed E-state index contributed by atoms with van der Waals surface area (Å²) in [5, 5.41) is 2.15. The minimum atomic E-state index is 0.136. The van der Waals surface area contributed by atoms with Crippen molar-refractivity contribution in [2.24, 2.45) is 17.8 Å². The maximum Gasteiger partial charge on any atom is 0.220 e. The molecule has 6 heteroatoms. The molecule has 2 aliphatic rings. The van der Waals surface area contributed by atoms with Gasteiger partial charge >= 0.3 is 0 Å². The molecule has 3 aromatic rings. The zero-order valence-electron chi connectivity index (χ0n) is 26.1. The third-order valence-corrected chi connectivity index (χ3v) is 11.4. The van der Waals surface area contributed by atoms with Gasteiger partial charge in [-0.25, -0.2) is 4.98 Å². The van der Waals surface area contributed by atoms with E-state index in [1.165, 1.54) is 49.0 Å². The van der Waals surface area contributed by atoms with E-state index in [0.717, 1.165) is 62.2 Å². The fourth-order valence-corrected chi connectivity index (χ4v) is 8.59. The first-order valence-corrected chi connectivity index (χ1v) is 17.0. The quantitative estimate of drug-likeness (QED) is 0.247. The second-order valence-corrected chi connectivity index (χ2v) is 14.2. The molecular formula is C35H52N4OS. The number of nitrogens with zero attached hydrogens (tertiary/aromatic N) is 3. The van der Waals surface area contributed by atoms with Gasteiger partial charge in [-0.3, -0.25) is 4.90 Å². The summed E-state index contributed by atoms with van der Waals surface area (Å²) in [6.45, 7) is 15.9. The van der Waals surface area contributed by atoms with Gasteiger partial charge < -0.3 is 15.1 Å². The molecule has 0 bridgehead atoms. The molecule has 1 aliphatic carbocycles. The summed E-state index contributed by atoms with van der Waals surface area (Å²) in [4.78, 5) is 11.7. The number of hydrogen-bond acceptors (Lipinski definition) is 6. The third-order valence-electron chi connectivity index (χ3n) is 10.1. The molecule has 224 valence electrons. The Hall–Kier alpha value is -2.31. The van der Waals surface area contributed by atoms with E-state index >= 15 is 0 Å². The Labute approximate surface area is 252 Å². The van der Waals surface area contributed by atoms with Crippen molar-refractivity contribution in [3.8, 4) is 0 Å². The van der Waals surface area contributed by atoms with E-state index in [1.807, 2.05) is 11.3 Å². The summed E-state index contributed by atoms with van der Waals surface area (Å²) in [6, 6.07) is 13.1. The lowest BCUT2D eigenvalue weighted by Crippen LogP contribution is -2.35. The third kappa shape index (κ3) is 6.85. The maximum atomic E-state index is 6.86. The van der Waals surface area contributed by atoms with Crippen molar-refractivity contribution in [3.05, 3.63) is 63.8 Å². The van der Waals surface area contributed by atoms with E-state index in [-0.39, 0.29) is 11.5 Å². The van der Waals surface area contributed by atoms with Crippen LogP contribution in [0.2, 0.25) is 0 Å². The Morgan fingerprint density at radius 2 is 1.80 bits per heavy atom. The normalized spacial score (nSPS) is 22.8. The van der Waals surface area contributed by atoms with Crippen LogP contribution in [0.15, 0.2) is 46.2 Å². The highest BCUT2D eigenvalue weighted by Gasteiger charge is 2.38. The molecule has 2 aromatic heterocycles. The van der Waals surface area contributed by atoms with Crippen LogP contribution in [0.25, 0.3) is 0 Å². The van der Waals surface area contributed by atoms with Gasteiger partial charge in [0.05, 0.1) is 6.04 Å². The maximum absolute atomic E-state index is 6.86. The van der Waals surface area contributed by atoms with Crippen molar-refractivity contribution in [3.63, 3.8) is 0 Å². The second-order valence-electron chi connectivity index (χ2n) is 13.3. The summed E-state index contributed by atoms with van der Waals surface area (Å²) < 4.78 is 6.86. The number of nitrogens with two attached hydrogens (primary N) is 1. The predicted molar refractivity (Wildman–Crippen MR) is 174 cm³/mol. The number of aromatic nitrogens is 1. The van der Waals surface area contributed by atoms with Crippen molar-refractivity contribution in [1.29, 1.82) is 0 Å². The van der Waals surface area contributed by atoms with E-state index in [0.29, 0.717) is 17.8 Å². The number of anilines is 2. The Kier molecular flexibility index (Phi) is 9.81. The topological polar surface area (TPSA) is 58.5 Å². The SMILES string of the molecule is CCN(CC)C(CC1CCC(C(C)(C)c2sccc2N)CC1)c1nc(Cc2ccccc2)c(N2CCCC(C)C2)o1. The molecule has 0 spiro atoms. The van der Waals surface area contributed by atoms with Crippen LogP contribution in [-0.2, 0) is 11.8 Å². The summed E-state index contributed by atoms with van der Waals surface area (Å²) in [5.41, 5.74) is 9.87. The van der Waals surface area contributed by atoms with Gasteiger partial charge in [0.2, 0.25) is 11.8 Å². The Bertz CT molecular complexity index is 1220. The number of benzene rings is 1. The smallest absolute Gasteiger partial charge is 0.220 e. The largest absolute Gasteiger partial charge is 0.423 e. The summed E-state index contributed by atoms with van der Waals surface area (Å²) in [7, 11) is 0. The van der Waals surface area contributed by atoms with Gasteiger partial charge in [-0.1, -0.05) is 77.8 Å². The molecule has 1 aromatic carbocycles. The lowest BCUT2D eigenvalue weighted by Gasteiger charge is -2.40. The minimum Gasteiger partial charge on any atom is -0.423 e. The van der Waals surface area contributed by atoms with Crippen LogP contribution < -0.4 is 10.6 Å². The standard InChI is InChI=1S/C35H52N4OS/c1-6-38(7-2)31(23-27-15-17-28(18-16-27)35(4,5)32-29(36)19-21-41-32)33-37-30(22-26-13-9-8-10-14-26)34(40-33)39-20-11-12-25(3)24-39/h8-10,13-14,19,21,25,27-28,31H,6-7,11-12,15-18,20,22-24,36H2,1-5H3. The van der Waals surface area contributed by atoms with E-state index in [4.69, 9.17) is 15.1 Å². The van der Waals surface area contributed by atoms with Crippen LogP contribution >= 0.6 is 11.3 Å². The molecule has 2 fully saturated rings. The monoisotopic (exact) mass is 576 g/mol.